The van der Waals surface area contributed by atoms with E-state index in [4.69, 9.17) is 4.74 Å². The van der Waals surface area contributed by atoms with Crippen LogP contribution in [0.1, 0.15) is 0 Å². The fourth-order valence-corrected chi connectivity index (χ4v) is 1.69. The Bertz CT molecular complexity index is 481. The molecule has 0 fully saturated rings. The van der Waals surface area contributed by atoms with Gasteiger partial charge in [0.25, 0.3) is 0 Å². The molecule has 0 aliphatic heterocycles. The number of methoxy groups -OCH3 is 1. The average molecular weight is 268 g/mol. The van der Waals surface area contributed by atoms with Crippen molar-refractivity contribution in [2.24, 2.45) is 7.05 Å². The van der Waals surface area contributed by atoms with Crippen LogP contribution in [-0.2, 0) is 7.05 Å². The lowest BCUT2D eigenvalue weighted by atomic mass is 10.2. The molecule has 0 unspecified atom stereocenters. The molecule has 0 saturated heterocycles. The van der Waals surface area contributed by atoms with E-state index in [2.05, 4.69) is 26.0 Å². The molecule has 78 valence electrons. The minimum Gasteiger partial charge on any atom is -0.497 e. The third kappa shape index (κ3) is 2.02. The van der Waals surface area contributed by atoms with Crippen LogP contribution in [0.4, 0.5) is 0 Å². The predicted molar refractivity (Wildman–Crippen MR) is 60.7 cm³/mol. The number of nitrogens with zero attached hydrogens (tertiary/aromatic N) is 3. The molecule has 1 aromatic heterocycles. The summed E-state index contributed by atoms with van der Waals surface area (Å²) in [6.07, 6.45) is 1.67. The Kier molecular flexibility index (Phi) is 2.73. The zero-order chi connectivity index (χ0) is 10.8. The van der Waals surface area contributed by atoms with E-state index in [0.717, 1.165) is 15.8 Å². The molecule has 0 spiro atoms. The van der Waals surface area contributed by atoms with Gasteiger partial charge in [0.15, 0.2) is 5.82 Å². The average Bonchev–Trinajstić information content (AvgIpc) is 2.65. The number of benzene rings is 1. The Morgan fingerprint density at radius 2 is 2.20 bits per heavy atom. The monoisotopic (exact) mass is 267 g/mol. The summed E-state index contributed by atoms with van der Waals surface area (Å²) in [6, 6.07) is 5.71. The Balaban J connectivity index is 2.51. The minimum absolute atomic E-state index is 0.684. The maximum Gasteiger partial charge on any atom is 0.182 e. The first-order valence-corrected chi connectivity index (χ1v) is 5.19. The number of aryl methyl sites for hydroxylation is 1. The maximum absolute atomic E-state index is 5.15. The highest BCUT2D eigenvalue weighted by Gasteiger charge is 2.08. The maximum atomic E-state index is 5.15. The van der Waals surface area contributed by atoms with E-state index in [1.54, 1.807) is 18.1 Å². The molecule has 4 nitrogen and oxygen atoms in total. The highest BCUT2D eigenvalue weighted by Crippen LogP contribution is 2.29. The van der Waals surface area contributed by atoms with E-state index in [1.165, 1.54) is 0 Å². The Morgan fingerprint density at radius 1 is 1.40 bits per heavy atom. The molecular formula is C10H10BrN3O. The van der Waals surface area contributed by atoms with Crippen molar-refractivity contribution in [2.45, 2.75) is 0 Å². The van der Waals surface area contributed by atoms with Gasteiger partial charge in [-0.3, -0.25) is 4.68 Å². The number of ether oxygens (including phenoxy) is 1. The van der Waals surface area contributed by atoms with Crippen molar-refractivity contribution in [2.75, 3.05) is 7.11 Å². The van der Waals surface area contributed by atoms with Crippen molar-refractivity contribution < 1.29 is 4.74 Å². The topological polar surface area (TPSA) is 39.9 Å². The van der Waals surface area contributed by atoms with E-state index in [1.807, 2.05) is 25.2 Å². The number of hydrogen-bond acceptors (Lipinski definition) is 3. The van der Waals surface area contributed by atoms with Gasteiger partial charge in [-0.25, -0.2) is 4.98 Å². The predicted octanol–water partition coefficient (Wildman–Crippen LogP) is 2.25. The third-order valence-corrected chi connectivity index (χ3v) is 2.71. The van der Waals surface area contributed by atoms with E-state index < -0.39 is 0 Å². The molecule has 15 heavy (non-hydrogen) atoms. The summed E-state index contributed by atoms with van der Waals surface area (Å²) in [5, 5.41) is 4.24. The number of rotatable bonds is 2. The lowest BCUT2D eigenvalue weighted by Gasteiger charge is -2.03. The highest BCUT2D eigenvalue weighted by molar-refractivity contribution is 9.10. The third-order valence-electron chi connectivity index (χ3n) is 2.01. The van der Waals surface area contributed by atoms with Gasteiger partial charge in [0.1, 0.15) is 12.1 Å². The summed E-state index contributed by atoms with van der Waals surface area (Å²) < 4.78 is 7.78. The van der Waals surface area contributed by atoms with Gasteiger partial charge < -0.3 is 4.74 Å². The Morgan fingerprint density at radius 3 is 2.80 bits per heavy atom. The lowest BCUT2D eigenvalue weighted by molar-refractivity contribution is 0.415. The number of hydrogen-bond donors (Lipinski definition) is 0. The van der Waals surface area contributed by atoms with Crippen molar-refractivity contribution in [1.82, 2.24) is 14.8 Å². The van der Waals surface area contributed by atoms with E-state index in [-0.39, 0.29) is 0 Å². The standard InChI is InChI=1S/C10H10BrN3O/c1-14-6-12-10(13-14)8-5-7(15-2)3-4-9(8)11/h3-6H,1-2H3. The van der Waals surface area contributed by atoms with Crippen molar-refractivity contribution in [3.8, 4) is 17.1 Å². The van der Waals surface area contributed by atoms with Gasteiger partial charge in [-0.15, -0.1) is 0 Å². The van der Waals surface area contributed by atoms with Crippen LogP contribution in [-0.4, -0.2) is 21.9 Å². The van der Waals surface area contributed by atoms with Crippen molar-refractivity contribution >= 4 is 15.9 Å². The SMILES string of the molecule is COc1ccc(Br)c(-c2ncn(C)n2)c1. The molecule has 0 aliphatic rings. The van der Waals surface area contributed by atoms with E-state index in [9.17, 15) is 0 Å². The molecular weight excluding hydrogens is 258 g/mol. The van der Waals surface area contributed by atoms with Crippen LogP contribution >= 0.6 is 15.9 Å². The lowest BCUT2D eigenvalue weighted by Crippen LogP contribution is -1.90. The smallest absolute Gasteiger partial charge is 0.182 e. The fraction of sp³-hybridized carbons (Fsp3) is 0.200. The summed E-state index contributed by atoms with van der Waals surface area (Å²) in [4.78, 5) is 4.19. The molecule has 1 heterocycles. The van der Waals surface area contributed by atoms with Crippen LogP contribution < -0.4 is 4.74 Å². The normalized spacial score (nSPS) is 10.3. The quantitative estimate of drug-likeness (QED) is 0.838. The van der Waals surface area contributed by atoms with Gasteiger partial charge in [0.05, 0.1) is 7.11 Å². The van der Waals surface area contributed by atoms with Crippen LogP contribution in [0.15, 0.2) is 29.0 Å². The van der Waals surface area contributed by atoms with Gasteiger partial charge >= 0.3 is 0 Å². The summed E-state index contributed by atoms with van der Waals surface area (Å²) in [6.45, 7) is 0. The van der Waals surface area contributed by atoms with Crippen LogP contribution in [0.25, 0.3) is 11.4 Å². The van der Waals surface area contributed by atoms with Crippen molar-refractivity contribution in [1.29, 1.82) is 0 Å². The van der Waals surface area contributed by atoms with Crippen LogP contribution in [0, 0.1) is 0 Å². The van der Waals surface area contributed by atoms with Gasteiger partial charge in [-0.05, 0) is 18.2 Å². The van der Waals surface area contributed by atoms with Crippen molar-refractivity contribution in [3.63, 3.8) is 0 Å². The highest BCUT2D eigenvalue weighted by atomic mass is 79.9. The summed E-state index contributed by atoms with van der Waals surface area (Å²) in [7, 11) is 3.48. The fourth-order valence-electron chi connectivity index (χ4n) is 1.27. The molecule has 5 heteroatoms. The van der Waals surface area contributed by atoms with Crippen LogP contribution in [0.3, 0.4) is 0 Å². The Hall–Kier alpha value is -1.36. The van der Waals surface area contributed by atoms with Gasteiger partial charge in [0, 0.05) is 17.1 Å². The largest absolute Gasteiger partial charge is 0.497 e. The summed E-state index contributed by atoms with van der Waals surface area (Å²) in [5.74, 6) is 1.48. The van der Waals surface area contributed by atoms with Gasteiger partial charge in [-0.2, -0.15) is 5.10 Å². The molecule has 0 N–H and O–H groups in total. The molecule has 1 aromatic carbocycles. The van der Waals surface area contributed by atoms with E-state index in [0.29, 0.717) is 5.82 Å². The van der Waals surface area contributed by atoms with E-state index >= 15 is 0 Å². The molecule has 0 amide bonds. The molecule has 0 radical (unpaired) electrons. The molecule has 0 atom stereocenters. The molecule has 2 aromatic rings. The minimum atomic E-state index is 0.684. The number of halogens is 1. The summed E-state index contributed by atoms with van der Waals surface area (Å²) in [5.41, 5.74) is 0.926. The van der Waals surface area contributed by atoms with Gasteiger partial charge in [0.2, 0.25) is 0 Å². The number of aromatic nitrogens is 3. The zero-order valence-electron chi connectivity index (χ0n) is 8.44. The molecule has 0 aliphatic carbocycles. The van der Waals surface area contributed by atoms with Crippen LogP contribution in [0.5, 0.6) is 5.75 Å². The second-order valence-corrected chi connectivity index (χ2v) is 3.94. The molecule has 0 saturated carbocycles. The first-order chi connectivity index (χ1) is 7.20. The second-order valence-electron chi connectivity index (χ2n) is 3.09. The van der Waals surface area contributed by atoms with Gasteiger partial charge in [-0.1, -0.05) is 15.9 Å². The second kappa shape index (κ2) is 4.02. The molecule has 0 bridgehead atoms. The Labute approximate surface area is 96.0 Å². The molecule has 2 rings (SSSR count). The first kappa shape index (κ1) is 10.2. The first-order valence-electron chi connectivity index (χ1n) is 4.40. The van der Waals surface area contributed by atoms with Crippen LogP contribution in [0.2, 0.25) is 0 Å². The zero-order valence-corrected chi connectivity index (χ0v) is 10.0. The summed E-state index contributed by atoms with van der Waals surface area (Å²) >= 11 is 3.46. The van der Waals surface area contributed by atoms with Crippen molar-refractivity contribution in [3.05, 3.63) is 29.0 Å².